The molecule has 0 aromatic heterocycles. The van der Waals surface area contributed by atoms with Gasteiger partial charge in [-0.05, 0) is 69.0 Å². The Morgan fingerprint density at radius 2 is 1.57 bits per heavy atom. The summed E-state index contributed by atoms with van der Waals surface area (Å²) in [5.74, 6) is 1.15. The number of hydrogen-bond acceptors (Lipinski definition) is 3. The highest BCUT2D eigenvalue weighted by Crippen LogP contribution is 2.42. The second-order valence-electron chi connectivity index (χ2n) is 8.92. The van der Waals surface area contributed by atoms with Crippen molar-refractivity contribution in [1.82, 2.24) is 9.80 Å². The summed E-state index contributed by atoms with van der Waals surface area (Å²) in [6.45, 7) is 0. The number of hydrogen-bond donors (Lipinski definition) is 0. The van der Waals surface area contributed by atoms with Gasteiger partial charge in [-0.1, -0.05) is 36.4 Å². The summed E-state index contributed by atoms with van der Waals surface area (Å²) in [4.78, 5) is 6.75. The van der Waals surface area contributed by atoms with E-state index in [0.717, 1.165) is 12.8 Å². The highest BCUT2D eigenvalue weighted by Gasteiger charge is 2.29. The number of anilines is 1. The zero-order valence-electron chi connectivity index (χ0n) is 18.5. The quantitative estimate of drug-likeness (QED) is 0.696. The van der Waals surface area contributed by atoms with Crippen LogP contribution < -0.4 is 4.90 Å². The highest BCUT2D eigenvalue weighted by molar-refractivity contribution is 5.49. The lowest BCUT2D eigenvalue weighted by Crippen LogP contribution is -2.28. The van der Waals surface area contributed by atoms with Crippen molar-refractivity contribution < 1.29 is 0 Å². The molecular weight excluding hydrogens is 342 g/mol. The molecule has 1 aromatic rings. The SMILES string of the molecule is CN(C)C1=CC[C@@H](C(C2=CC[C@H](N(C)C)C=C2)c2ccc(N(C)C)cc2)CC1. The number of allylic oxidation sites excluding steroid dienone is 4. The van der Waals surface area contributed by atoms with E-state index in [1.807, 2.05) is 0 Å². The summed E-state index contributed by atoms with van der Waals surface area (Å²) >= 11 is 0. The Kier molecular flexibility index (Phi) is 6.66. The summed E-state index contributed by atoms with van der Waals surface area (Å²) < 4.78 is 0. The monoisotopic (exact) mass is 379 g/mol. The van der Waals surface area contributed by atoms with E-state index in [1.54, 1.807) is 0 Å². The van der Waals surface area contributed by atoms with E-state index in [0.29, 0.717) is 17.9 Å². The molecule has 0 spiro atoms. The van der Waals surface area contributed by atoms with Gasteiger partial charge in [0.25, 0.3) is 0 Å². The third-order valence-corrected chi connectivity index (χ3v) is 6.37. The van der Waals surface area contributed by atoms with Gasteiger partial charge in [0.1, 0.15) is 0 Å². The minimum atomic E-state index is 0.482. The highest BCUT2D eigenvalue weighted by atomic mass is 15.1. The van der Waals surface area contributed by atoms with E-state index >= 15 is 0 Å². The van der Waals surface area contributed by atoms with Crippen LogP contribution in [0, 0.1) is 5.92 Å². The van der Waals surface area contributed by atoms with Crippen LogP contribution in [0.1, 0.15) is 37.2 Å². The van der Waals surface area contributed by atoms with Crippen LogP contribution in [-0.2, 0) is 0 Å². The van der Waals surface area contributed by atoms with E-state index in [1.165, 1.54) is 35.4 Å². The minimum Gasteiger partial charge on any atom is -0.381 e. The predicted octanol–water partition coefficient (Wildman–Crippen LogP) is 4.90. The molecular formula is C25H37N3. The number of likely N-dealkylation sites (N-methyl/N-ethyl adjacent to an activating group) is 1. The lowest BCUT2D eigenvalue weighted by atomic mass is 9.73. The molecule has 3 atom stereocenters. The Bertz CT molecular complexity index is 738. The van der Waals surface area contributed by atoms with Crippen LogP contribution in [0.2, 0.25) is 0 Å². The molecule has 0 fully saturated rings. The molecule has 1 unspecified atom stereocenters. The molecule has 0 N–H and O–H groups in total. The molecule has 0 radical (unpaired) electrons. The Labute approximate surface area is 172 Å². The van der Waals surface area contributed by atoms with E-state index in [4.69, 9.17) is 0 Å². The molecule has 0 heterocycles. The molecule has 0 amide bonds. The van der Waals surface area contributed by atoms with Crippen molar-refractivity contribution >= 4 is 5.69 Å². The van der Waals surface area contributed by atoms with Crippen LogP contribution in [0.3, 0.4) is 0 Å². The van der Waals surface area contributed by atoms with E-state index in [9.17, 15) is 0 Å². The van der Waals surface area contributed by atoms with Gasteiger partial charge in [0.05, 0.1) is 0 Å². The first-order chi connectivity index (χ1) is 13.4. The van der Waals surface area contributed by atoms with E-state index < -0.39 is 0 Å². The summed E-state index contributed by atoms with van der Waals surface area (Å²) in [6, 6.07) is 9.74. The molecule has 3 rings (SSSR count). The Hall–Kier alpha value is -2.00. The van der Waals surface area contributed by atoms with E-state index in [-0.39, 0.29) is 0 Å². The van der Waals surface area contributed by atoms with Crippen LogP contribution in [0.5, 0.6) is 0 Å². The van der Waals surface area contributed by atoms with Gasteiger partial charge in [0.15, 0.2) is 0 Å². The summed E-state index contributed by atoms with van der Waals surface area (Å²) in [5.41, 5.74) is 5.71. The first-order valence-corrected chi connectivity index (χ1v) is 10.5. The molecule has 0 bridgehead atoms. The Morgan fingerprint density at radius 1 is 0.857 bits per heavy atom. The van der Waals surface area contributed by atoms with Crippen molar-refractivity contribution in [2.24, 2.45) is 5.92 Å². The Morgan fingerprint density at radius 3 is 2.04 bits per heavy atom. The molecule has 0 saturated carbocycles. The average molecular weight is 380 g/mol. The largest absolute Gasteiger partial charge is 0.381 e. The van der Waals surface area contributed by atoms with Crippen molar-refractivity contribution in [3.8, 4) is 0 Å². The van der Waals surface area contributed by atoms with Crippen molar-refractivity contribution in [3.63, 3.8) is 0 Å². The molecule has 3 nitrogen and oxygen atoms in total. The zero-order valence-corrected chi connectivity index (χ0v) is 18.5. The van der Waals surface area contributed by atoms with Gasteiger partial charge < -0.3 is 14.7 Å². The number of benzene rings is 1. The third-order valence-electron chi connectivity index (χ3n) is 6.37. The van der Waals surface area contributed by atoms with Crippen molar-refractivity contribution in [1.29, 1.82) is 0 Å². The standard InChI is InChI=1S/C25H37N3/c1-26(2)22-13-7-19(8-14-22)25(20-9-15-23(16-10-20)27(3)4)21-11-17-24(18-12-21)28(5)6/h7-10,13-15,17,21,23,25H,11-12,16,18H2,1-6H3/t21-,23-,25?/m1/s1. The van der Waals surface area contributed by atoms with Crippen LogP contribution >= 0.6 is 0 Å². The first kappa shape index (κ1) is 20.7. The van der Waals surface area contributed by atoms with Gasteiger partial charge in [-0.15, -0.1) is 0 Å². The fourth-order valence-corrected chi connectivity index (χ4v) is 4.51. The van der Waals surface area contributed by atoms with Gasteiger partial charge in [-0.2, -0.15) is 0 Å². The van der Waals surface area contributed by atoms with Crippen molar-refractivity contribution in [2.45, 2.75) is 37.6 Å². The molecule has 1 aromatic carbocycles. The molecule has 28 heavy (non-hydrogen) atoms. The second-order valence-corrected chi connectivity index (χ2v) is 8.92. The van der Waals surface area contributed by atoms with Crippen LogP contribution in [-0.4, -0.2) is 58.1 Å². The van der Waals surface area contributed by atoms with Gasteiger partial charge in [-0.3, -0.25) is 0 Å². The third kappa shape index (κ3) is 4.70. The lowest BCUT2D eigenvalue weighted by Gasteiger charge is -2.34. The fourth-order valence-electron chi connectivity index (χ4n) is 4.51. The fraction of sp³-hybridized carbons (Fsp3) is 0.520. The molecule has 152 valence electrons. The molecule has 3 heteroatoms. The maximum atomic E-state index is 2.49. The number of rotatable bonds is 6. The van der Waals surface area contributed by atoms with Crippen molar-refractivity contribution in [3.05, 3.63) is 65.4 Å². The molecule has 0 aliphatic heterocycles. The molecule has 0 saturated heterocycles. The van der Waals surface area contributed by atoms with Crippen molar-refractivity contribution in [2.75, 3.05) is 47.2 Å². The van der Waals surface area contributed by atoms with Crippen LogP contribution in [0.4, 0.5) is 5.69 Å². The Balaban J connectivity index is 1.88. The van der Waals surface area contributed by atoms with Gasteiger partial charge in [0.2, 0.25) is 0 Å². The summed E-state index contributed by atoms with van der Waals surface area (Å²) in [7, 11) is 12.9. The van der Waals surface area contributed by atoms with Gasteiger partial charge in [-0.25, -0.2) is 0 Å². The average Bonchev–Trinajstić information content (AvgIpc) is 2.69. The normalized spacial score (nSPS) is 23.2. The molecule has 2 aliphatic carbocycles. The second kappa shape index (κ2) is 9.00. The molecule has 2 aliphatic rings. The van der Waals surface area contributed by atoms with Crippen LogP contribution in [0.15, 0.2) is 59.8 Å². The first-order valence-electron chi connectivity index (χ1n) is 10.5. The lowest BCUT2D eigenvalue weighted by molar-refractivity contribution is 0.339. The van der Waals surface area contributed by atoms with E-state index in [2.05, 4.69) is 106 Å². The maximum Gasteiger partial charge on any atom is 0.0361 e. The predicted molar refractivity (Wildman–Crippen MR) is 122 cm³/mol. The minimum absolute atomic E-state index is 0.482. The maximum absolute atomic E-state index is 2.49. The topological polar surface area (TPSA) is 9.72 Å². The van der Waals surface area contributed by atoms with Gasteiger partial charge in [0, 0.05) is 51.5 Å². The van der Waals surface area contributed by atoms with Gasteiger partial charge >= 0.3 is 0 Å². The zero-order chi connectivity index (χ0) is 20.3. The summed E-state index contributed by atoms with van der Waals surface area (Å²) in [5, 5.41) is 0. The van der Waals surface area contributed by atoms with Crippen LogP contribution in [0.25, 0.3) is 0 Å². The summed E-state index contributed by atoms with van der Waals surface area (Å²) in [6.07, 6.45) is 14.4. The number of nitrogens with zero attached hydrogens (tertiary/aromatic N) is 3. The smallest absolute Gasteiger partial charge is 0.0361 e.